The van der Waals surface area contributed by atoms with Gasteiger partial charge < -0.3 is 10.1 Å². The van der Waals surface area contributed by atoms with Crippen LogP contribution < -0.4 is 5.32 Å². The first-order valence-electron chi connectivity index (χ1n) is 10.8. The van der Waals surface area contributed by atoms with Crippen molar-refractivity contribution in [3.8, 4) is 11.1 Å². The van der Waals surface area contributed by atoms with Crippen LogP contribution in [0.25, 0.3) is 11.1 Å². The van der Waals surface area contributed by atoms with E-state index in [9.17, 15) is 9.59 Å². The highest BCUT2D eigenvalue weighted by atomic mass is 16.6. The first-order chi connectivity index (χ1) is 15.3. The molecule has 3 aromatic rings. The molecule has 0 unspecified atom stereocenters. The fraction of sp³-hybridized carbons (Fsp3) is 0.259. The van der Waals surface area contributed by atoms with Crippen molar-refractivity contribution >= 4 is 17.7 Å². The molecule has 0 aromatic heterocycles. The van der Waals surface area contributed by atoms with Crippen LogP contribution in [-0.2, 0) is 22.5 Å². The average Bonchev–Trinajstić information content (AvgIpc) is 2.78. The van der Waals surface area contributed by atoms with E-state index in [0.717, 1.165) is 22.3 Å². The minimum absolute atomic E-state index is 0.224. The molecule has 164 valence electrons. The summed E-state index contributed by atoms with van der Waals surface area (Å²) in [5.74, 6) is -0.224. The van der Waals surface area contributed by atoms with Crippen LogP contribution in [0, 0.1) is 0 Å². The summed E-state index contributed by atoms with van der Waals surface area (Å²) >= 11 is 0. The first-order valence-corrected chi connectivity index (χ1v) is 10.8. The third kappa shape index (κ3) is 4.99. The molecule has 1 aliphatic rings. The monoisotopic (exact) mass is 428 g/mol. The van der Waals surface area contributed by atoms with E-state index in [4.69, 9.17) is 4.74 Å². The minimum Gasteiger partial charge on any atom is -0.444 e. The summed E-state index contributed by atoms with van der Waals surface area (Å²) in [5, 5.41) is 2.98. The summed E-state index contributed by atoms with van der Waals surface area (Å²) in [7, 11) is 0. The highest BCUT2D eigenvalue weighted by Crippen LogP contribution is 2.27. The van der Waals surface area contributed by atoms with Crippen LogP contribution in [0.1, 0.15) is 31.9 Å². The van der Waals surface area contributed by atoms with Crippen molar-refractivity contribution in [1.82, 2.24) is 4.90 Å². The number of hydrogen-bond donors (Lipinski definition) is 1. The molecular formula is C27H28N2O3. The van der Waals surface area contributed by atoms with Crippen molar-refractivity contribution in [2.75, 3.05) is 5.32 Å². The third-order valence-corrected chi connectivity index (χ3v) is 5.44. The molecule has 4 rings (SSSR count). The molecule has 1 heterocycles. The van der Waals surface area contributed by atoms with Gasteiger partial charge in [-0.15, -0.1) is 0 Å². The molecule has 0 saturated carbocycles. The number of rotatable bonds is 3. The number of anilines is 1. The van der Waals surface area contributed by atoms with Crippen LogP contribution in [0.5, 0.6) is 0 Å². The summed E-state index contributed by atoms with van der Waals surface area (Å²) in [4.78, 5) is 27.7. The van der Waals surface area contributed by atoms with E-state index in [1.165, 1.54) is 4.90 Å². The lowest BCUT2D eigenvalue weighted by atomic mass is 9.93. The molecule has 0 spiro atoms. The Morgan fingerprint density at radius 3 is 2.09 bits per heavy atom. The summed E-state index contributed by atoms with van der Waals surface area (Å²) in [6.07, 6.45) is -0.0323. The molecule has 3 aromatic carbocycles. The Morgan fingerprint density at radius 1 is 0.844 bits per heavy atom. The van der Waals surface area contributed by atoms with Crippen molar-refractivity contribution in [2.45, 2.75) is 45.4 Å². The summed E-state index contributed by atoms with van der Waals surface area (Å²) in [5.41, 5.74) is 4.36. The maximum Gasteiger partial charge on any atom is 0.411 e. The Hall–Kier alpha value is -3.60. The third-order valence-electron chi connectivity index (χ3n) is 5.44. The normalized spacial score (nSPS) is 15.6. The Bertz CT molecular complexity index is 1100. The van der Waals surface area contributed by atoms with E-state index >= 15 is 0 Å². The summed E-state index contributed by atoms with van der Waals surface area (Å²) in [6, 6.07) is 25.1. The quantitative estimate of drug-likeness (QED) is 0.586. The number of carbonyl (C=O) groups is 2. The molecule has 32 heavy (non-hydrogen) atoms. The van der Waals surface area contributed by atoms with Crippen molar-refractivity contribution in [1.29, 1.82) is 0 Å². The van der Waals surface area contributed by atoms with Gasteiger partial charge >= 0.3 is 6.09 Å². The Morgan fingerprint density at radius 2 is 1.44 bits per heavy atom. The maximum absolute atomic E-state index is 13.3. The molecule has 0 radical (unpaired) electrons. The predicted octanol–water partition coefficient (Wildman–Crippen LogP) is 5.65. The van der Waals surface area contributed by atoms with Crippen LogP contribution in [0.3, 0.4) is 0 Å². The number of amides is 2. The zero-order valence-corrected chi connectivity index (χ0v) is 18.7. The second kappa shape index (κ2) is 8.87. The van der Waals surface area contributed by atoms with Crippen molar-refractivity contribution in [3.05, 3.63) is 90.0 Å². The number of ether oxygens (including phenoxy) is 1. The first kappa shape index (κ1) is 21.6. The molecule has 0 fully saturated rings. The van der Waals surface area contributed by atoms with Gasteiger partial charge in [0.05, 0.1) is 6.54 Å². The van der Waals surface area contributed by atoms with Crippen LogP contribution in [0.15, 0.2) is 78.9 Å². The Balaban J connectivity index is 1.54. The van der Waals surface area contributed by atoms with Gasteiger partial charge in [0, 0.05) is 12.1 Å². The van der Waals surface area contributed by atoms with Gasteiger partial charge in [-0.2, -0.15) is 0 Å². The number of nitrogens with zero attached hydrogens (tertiary/aromatic N) is 1. The number of hydrogen-bond acceptors (Lipinski definition) is 3. The fourth-order valence-electron chi connectivity index (χ4n) is 3.87. The minimum atomic E-state index is -0.645. The molecule has 2 amide bonds. The Kier molecular flexibility index (Phi) is 5.99. The standard InChI is InChI=1S/C27H28N2O3/c1-27(2,3)32-26(31)29-18-22-12-8-7-11-21(22)17-24(29)25(30)28-23-15-13-20(14-16-23)19-9-5-4-6-10-19/h4-16,24H,17-18H2,1-3H3,(H,28,30)/t24-/m1/s1. The van der Waals surface area contributed by atoms with Crippen LogP contribution in [0.4, 0.5) is 10.5 Å². The smallest absolute Gasteiger partial charge is 0.411 e. The number of fused-ring (bicyclic) bond motifs is 1. The van der Waals surface area contributed by atoms with Gasteiger partial charge in [-0.25, -0.2) is 4.79 Å². The van der Waals surface area contributed by atoms with Crippen molar-refractivity contribution in [2.24, 2.45) is 0 Å². The Labute approximate surface area is 189 Å². The molecule has 5 nitrogen and oxygen atoms in total. The van der Waals surface area contributed by atoms with Crippen LogP contribution in [-0.4, -0.2) is 28.5 Å². The van der Waals surface area contributed by atoms with Crippen molar-refractivity contribution in [3.63, 3.8) is 0 Å². The van der Waals surface area contributed by atoms with E-state index in [1.54, 1.807) is 0 Å². The van der Waals surface area contributed by atoms with Gasteiger partial charge in [-0.05, 0) is 55.2 Å². The molecule has 0 aliphatic carbocycles. The summed E-state index contributed by atoms with van der Waals surface area (Å²) < 4.78 is 5.59. The van der Waals surface area contributed by atoms with Crippen molar-refractivity contribution < 1.29 is 14.3 Å². The molecule has 5 heteroatoms. The fourth-order valence-corrected chi connectivity index (χ4v) is 3.87. The highest BCUT2D eigenvalue weighted by Gasteiger charge is 2.37. The molecule has 0 saturated heterocycles. The highest BCUT2D eigenvalue weighted by molar-refractivity contribution is 5.97. The van der Waals surface area contributed by atoms with Crippen LogP contribution in [0.2, 0.25) is 0 Å². The number of nitrogens with one attached hydrogen (secondary N) is 1. The van der Waals surface area contributed by atoms with E-state index < -0.39 is 17.7 Å². The van der Waals surface area contributed by atoms with Gasteiger partial charge in [-0.1, -0.05) is 66.7 Å². The predicted molar refractivity (Wildman–Crippen MR) is 126 cm³/mol. The second-order valence-electron chi connectivity index (χ2n) is 9.03. The molecule has 0 bridgehead atoms. The largest absolute Gasteiger partial charge is 0.444 e. The van der Waals surface area contributed by atoms with Crippen LogP contribution >= 0.6 is 0 Å². The topological polar surface area (TPSA) is 58.6 Å². The summed E-state index contributed by atoms with van der Waals surface area (Å²) in [6.45, 7) is 5.82. The van der Waals surface area contributed by atoms with E-state index in [0.29, 0.717) is 18.7 Å². The SMILES string of the molecule is CC(C)(C)OC(=O)N1Cc2ccccc2C[C@@H]1C(=O)Nc1ccc(-c2ccccc2)cc1. The van der Waals surface area contributed by atoms with Gasteiger partial charge in [0.15, 0.2) is 0 Å². The van der Waals surface area contributed by atoms with Gasteiger partial charge in [-0.3, -0.25) is 9.69 Å². The van der Waals surface area contributed by atoms with Gasteiger partial charge in [0.2, 0.25) is 5.91 Å². The molecule has 1 atom stereocenters. The zero-order chi connectivity index (χ0) is 22.7. The molecule has 1 N–H and O–H groups in total. The lowest BCUT2D eigenvalue weighted by Crippen LogP contribution is -2.52. The van der Waals surface area contributed by atoms with Gasteiger partial charge in [0.25, 0.3) is 0 Å². The second-order valence-corrected chi connectivity index (χ2v) is 9.03. The maximum atomic E-state index is 13.3. The average molecular weight is 429 g/mol. The van der Waals surface area contributed by atoms with E-state index in [2.05, 4.69) is 5.32 Å². The lowest BCUT2D eigenvalue weighted by molar-refractivity contribution is -0.121. The number of benzene rings is 3. The zero-order valence-electron chi connectivity index (χ0n) is 18.7. The molecule has 1 aliphatic heterocycles. The van der Waals surface area contributed by atoms with E-state index in [1.807, 2.05) is 99.6 Å². The lowest BCUT2D eigenvalue weighted by Gasteiger charge is -2.36. The molecular weight excluding hydrogens is 400 g/mol. The van der Waals surface area contributed by atoms with E-state index in [-0.39, 0.29) is 5.91 Å². The number of carbonyl (C=O) groups excluding carboxylic acids is 2. The van der Waals surface area contributed by atoms with Gasteiger partial charge in [0.1, 0.15) is 11.6 Å².